The topological polar surface area (TPSA) is 69.7 Å². The second kappa shape index (κ2) is 7.95. The Morgan fingerprint density at radius 1 is 1.11 bits per heavy atom. The minimum atomic E-state index is -0.00712. The fourth-order valence-electron chi connectivity index (χ4n) is 2.99. The number of aromatic nitrogens is 1. The number of hydrogen-bond acceptors (Lipinski definition) is 5. The molecule has 2 heterocycles. The van der Waals surface area contributed by atoms with E-state index in [9.17, 15) is 4.79 Å². The summed E-state index contributed by atoms with van der Waals surface area (Å²) >= 11 is 0. The van der Waals surface area contributed by atoms with Gasteiger partial charge in [-0.3, -0.25) is 9.78 Å². The second-order valence-electron chi connectivity index (χ2n) is 6.22. The van der Waals surface area contributed by atoms with Crippen LogP contribution < -0.4 is 19.5 Å². The summed E-state index contributed by atoms with van der Waals surface area (Å²) in [5.41, 5.74) is 1.88. The lowest BCUT2D eigenvalue weighted by atomic mass is 10.1. The first-order valence-corrected chi connectivity index (χ1v) is 8.91. The molecule has 1 N–H and O–H groups in total. The van der Waals surface area contributed by atoms with Crippen LogP contribution in [0.15, 0.2) is 54.7 Å². The molecular weight excluding hydrogens is 344 g/mol. The maximum Gasteiger partial charge on any atom is 0.231 e. The monoisotopic (exact) mass is 364 g/mol. The van der Waals surface area contributed by atoms with E-state index in [-0.39, 0.29) is 12.7 Å². The smallest absolute Gasteiger partial charge is 0.231 e. The van der Waals surface area contributed by atoms with Gasteiger partial charge in [0.25, 0.3) is 0 Å². The van der Waals surface area contributed by atoms with Crippen molar-refractivity contribution < 1.29 is 19.0 Å². The minimum absolute atomic E-state index is 0.00712. The highest BCUT2D eigenvalue weighted by Crippen LogP contribution is 2.32. The van der Waals surface area contributed by atoms with Crippen LogP contribution in [-0.4, -0.2) is 30.8 Å². The average Bonchev–Trinajstić information content (AvgIpc) is 3.17. The molecule has 0 saturated carbocycles. The van der Waals surface area contributed by atoms with E-state index in [1.54, 1.807) is 6.20 Å². The Bertz CT molecular complexity index is 953. The molecule has 0 spiro atoms. The molecule has 1 aliphatic rings. The Labute approximate surface area is 157 Å². The lowest BCUT2D eigenvalue weighted by Gasteiger charge is -2.09. The molecule has 4 rings (SSSR count). The van der Waals surface area contributed by atoms with E-state index in [0.717, 1.165) is 33.7 Å². The van der Waals surface area contributed by atoms with Gasteiger partial charge in [-0.1, -0.05) is 24.3 Å². The lowest BCUT2D eigenvalue weighted by Crippen LogP contribution is -2.28. The van der Waals surface area contributed by atoms with E-state index < -0.39 is 0 Å². The zero-order chi connectivity index (χ0) is 18.5. The van der Waals surface area contributed by atoms with Crippen molar-refractivity contribution in [3.8, 4) is 17.2 Å². The number of carbonyl (C=O) groups excluding carboxylic acids is 1. The van der Waals surface area contributed by atoms with Crippen molar-refractivity contribution >= 4 is 16.8 Å². The predicted octanol–water partition coefficient (Wildman–Crippen LogP) is 3.09. The van der Waals surface area contributed by atoms with Gasteiger partial charge in [-0.15, -0.1) is 0 Å². The Balaban J connectivity index is 1.22. The molecule has 138 valence electrons. The van der Waals surface area contributed by atoms with Crippen LogP contribution in [0.25, 0.3) is 10.9 Å². The Kier molecular flexibility index (Phi) is 5.05. The van der Waals surface area contributed by atoms with E-state index in [2.05, 4.69) is 10.3 Å². The molecule has 6 nitrogen and oxygen atoms in total. The summed E-state index contributed by atoms with van der Waals surface area (Å²) in [4.78, 5) is 16.4. The van der Waals surface area contributed by atoms with Crippen LogP contribution >= 0.6 is 0 Å². The standard InChI is InChI=1S/C21H20N2O4/c24-20(9-7-15-6-8-17-19(13-15)27-14-26-17)22-11-12-25-18-5-1-3-16-4-2-10-23-21(16)18/h1-6,8,10,13H,7,9,11-12,14H2,(H,22,24). The molecule has 0 fully saturated rings. The summed E-state index contributed by atoms with van der Waals surface area (Å²) in [5, 5.41) is 3.91. The quantitative estimate of drug-likeness (QED) is 0.653. The van der Waals surface area contributed by atoms with Crippen LogP contribution in [0.1, 0.15) is 12.0 Å². The van der Waals surface area contributed by atoms with Gasteiger partial charge in [-0.2, -0.15) is 0 Å². The second-order valence-corrected chi connectivity index (χ2v) is 6.22. The van der Waals surface area contributed by atoms with Crippen molar-refractivity contribution in [1.82, 2.24) is 10.3 Å². The van der Waals surface area contributed by atoms with E-state index in [4.69, 9.17) is 14.2 Å². The van der Waals surface area contributed by atoms with Gasteiger partial charge in [0.1, 0.15) is 17.9 Å². The molecule has 0 radical (unpaired) electrons. The zero-order valence-electron chi connectivity index (χ0n) is 14.8. The van der Waals surface area contributed by atoms with Crippen LogP contribution in [0.2, 0.25) is 0 Å². The number of nitrogens with zero attached hydrogens (tertiary/aromatic N) is 1. The van der Waals surface area contributed by atoms with Crippen LogP contribution in [0.3, 0.4) is 0 Å². The Morgan fingerprint density at radius 3 is 2.96 bits per heavy atom. The SMILES string of the molecule is O=C(CCc1ccc2c(c1)OCO2)NCCOc1cccc2cccnc12. The first-order valence-electron chi connectivity index (χ1n) is 8.91. The molecule has 2 aromatic carbocycles. The molecule has 0 saturated heterocycles. The third-order valence-corrected chi connectivity index (χ3v) is 4.36. The molecule has 0 aliphatic carbocycles. The maximum atomic E-state index is 12.0. The summed E-state index contributed by atoms with van der Waals surface area (Å²) in [6.45, 7) is 1.10. The molecule has 1 aromatic heterocycles. The number of carbonyl (C=O) groups is 1. The number of fused-ring (bicyclic) bond motifs is 2. The number of benzene rings is 2. The van der Waals surface area contributed by atoms with Crippen molar-refractivity contribution in [2.24, 2.45) is 0 Å². The van der Waals surface area contributed by atoms with Gasteiger partial charge in [-0.05, 0) is 36.2 Å². The number of aryl methyl sites for hydroxylation is 1. The number of rotatable bonds is 7. The first kappa shape index (κ1) is 17.1. The summed E-state index contributed by atoms with van der Waals surface area (Å²) in [6, 6.07) is 15.5. The number of ether oxygens (including phenoxy) is 3. The van der Waals surface area contributed by atoms with Gasteiger partial charge in [-0.25, -0.2) is 0 Å². The molecule has 27 heavy (non-hydrogen) atoms. The molecule has 6 heteroatoms. The van der Waals surface area contributed by atoms with Crippen LogP contribution in [0.4, 0.5) is 0 Å². The first-order chi connectivity index (χ1) is 13.3. The molecule has 0 bridgehead atoms. The normalized spacial score (nSPS) is 12.1. The number of amides is 1. The summed E-state index contributed by atoms with van der Waals surface area (Å²) in [7, 11) is 0. The highest BCUT2D eigenvalue weighted by Gasteiger charge is 2.13. The Hall–Kier alpha value is -3.28. The molecule has 3 aromatic rings. The Morgan fingerprint density at radius 2 is 2.00 bits per heavy atom. The van der Waals surface area contributed by atoms with Gasteiger partial charge in [0.05, 0.1) is 6.54 Å². The minimum Gasteiger partial charge on any atom is -0.489 e. The molecule has 1 aliphatic heterocycles. The maximum absolute atomic E-state index is 12.0. The highest BCUT2D eigenvalue weighted by molar-refractivity contribution is 5.84. The van der Waals surface area contributed by atoms with Crippen molar-refractivity contribution in [3.63, 3.8) is 0 Å². The van der Waals surface area contributed by atoms with Gasteiger partial charge >= 0.3 is 0 Å². The van der Waals surface area contributed by atoms with Crippen LogP contribution in [0.5, 0.6) is 17.2 Å². The van der Waals surface area contributed by atoms with Gasteiger partial charge in [0.15, 0.2) is 11.5 Å². The highest BCUT2D eigenvalue weighted by atomic mass is 16.7. The number of pyridine rings is 1. The molecule has 0 unspecified atom stereocenters. The van der Waals surface area contributed by atoms with Crippen molar-refractivity contribution in [1.29, 1.82) is 0 Å². The fraction of sp³-hybridized carbons (Fsp3) is 0.238. The fourth-order valence-corrected chi connectivity index (χ4v) is 2.99. The third kappa shape index (κ3) is 4.11. The molecule has 1 amide bonds. The average molecular weight is 364 g/mol. The van der Waals surface area contributed by atoms with Crippen LogP contribution in [0, 0.1) is 0 Å². The van der Waals surface area contributed by atoms with E-state index in [1.165, 1.54) is 0 Å². The summed E-state index contributed by atoms with van der Waals surface area (Å²) < 4.78 is 16.4. The van der Waals surface area contributed by atoms with Gasteiger partial charge < -0.3 is 19.5 Å². The van der Waals surface area contributed by atoms with E-state index >= 15 is 0 Å². The third-order valence-electron chi connectivity index (χ3n) is 4.36. The van der Waals surface area contributed by atoms with Crippen molar-refractivity contribution in [2.75, 3.05) is 19.9 Å². The number of hydrogen-bond donors (Lipinski definition) is 1. The summed E-state index contributed by atoms with van der Waals surface area (Å²) in [6.07, 6.45) is 2.80. The molecular formula is C21H20N2O4. The number of para-hydroxylation sites is 1. The lowest BCUT2D eigenvalue weighted by molar-refractivity contribution is -0.121. The zero-order valence-corrected chi connectivity index (χ0v) is 14.8. The van der Waals surface area contributed by atoms with E-state index in [1.807, 2.05) is 48.5 Å². The predicted molar refractivity (Wildman–Crippen MR) is 101 cm³/mol. The largest absolute Gasteiger partial charge is 0.489 e. The van der Waals surface area contributed by atoms with Gasteiger partial charge in [0, 0.05) is 18.0 Å². The van der Waals surface area contributed by atoms with E-state index in [0.29, 0.717) is 26.0 Å². The summed E-state index contributed by atoms with van der Waals surface area (Å²) in [5.74, 6) is 2.21. The van der Waals surface area contributed by atoms with Gasteiger partial charge in [0.2, 0.25) is 12.7 Å². The van der Waals surface area contributed by atoms with Crippen LogP contribution in [-0.2, 0) is 11.2 Å². The van der Waals surface area contributed by atoms with Crippen molar-refractivity contribution in [3.05, 3.63) is 60.3 Å². The molecule has 0 atom stereocenters. The number of nitrogens with one attached hydrogen (secondary N) is 1. The van der Waals surface area contributed by atoms with Crippen molar-refractivity contribution in [2.45, 2.75) is 12.8 Å².